The third kappa shape index (κ3) is 3.29. The molecule has 1 N–H and O–H groups in total. The molecule has 1 saturated carbocycles. The summed E-state index contributed by atoms with van der Waals surface area (Å²) in [6.45, 7) is 4.57. The Labute approximate surface area is 125 Å². The molecule has 0 radical (unpaired) electrons. The van der Waals surface area contributed by atoms with Gasteiger partial charge in [-0.3, -0.25) is 4.79 Å². The predicted octanol–water partition coefficient (Wildman–Crippen LogP) is 4.12. The molecule has 0 aliphatic heterocycles. The molecule has 0 unspecified atom stereocenters. The maximum Gasteiger partial charge on any atom is 0.255 e. The molecule has 2 aromatic rings. The summed E-state index contributed by atoms with van der Waals surface area (Å²) in [6, 6.07) is 7.65. The highest BCUT2D eigenvalue weighted by molar-refractivity contribution is 5.82. The Bertz CT molecular complexity index is 674. The average Bonchev–Trinajstić information content (AvgIpc) is 2.85. The van der Waals surface area contributed by atoms with Crippen LogP contribution < -0.4 is 10.3 Å². The lowest BCUT2D eigenvalue weighted by atomic mass is 9.96. The van der Waals surface area contributed by atoms with E-state index >= 15 is 0 Å². The van der Waals surface area contributed by atoms with Crippen molar-refractivity contribution in [3.63, 3.8) is 0 Å². The number of H-pyrrole nitrogens is 1. The number of ether oxygens (including phenoxy) is 1. The quantitative estimate of drug-likeness (QED) is 0.918. The first-order valence-electron chi connectivity index (χ1n) is 7.90. The second kappa shape index (κ2) is 5.92. The topological polar surface area (TPSA) is 42.1 Å². The van der Waals surface area contributed by atoms with E-state index in [4.69, 9.17) is 4.74 Å². The summed E-state index contributed by atoms with van der Waals surface area (Å²) in [7, 11) is 0. The lowest BCUT2D eigenvalue weighted by Crippen LogP contribution is -2.13. The van der Waals surface area contributed by atoms with Crippen LogP contribution in [0.2, 0.25) is 0 Å². The van der Waals surface area contributed by atoms with Gasteiger partial charge in [0.25, 0.3) is 5.56 Å². The maximum atomic E-state index is 11.7. The number of hydrogen-bond acceptors (Lipinski definition) is 2. The Kier molecular flexibility index (Phi) is 4.00. The molecule has 1 aliphatic carbocycles. The first-order chi connectivity index (χ1) is 10.1. The van der Waals surface area contributed by atoms with E-state index in [1.165, 1.54) is 12.8 Å². The predicted molar refractivity (Wildman–Crippen MR) is 85.8 cm³/mol. The van der Waals surface area contributed by atoms with Gasteiger partial charge in [0.2, 0.25) is 0 Å². The van der Waals surface area contributed by atoms with Crippen molar-refractivity contribution in [2.24, 2.45) is 11.8 Å². The van der Waals surface area contributed by atoms with Crippen LogP contribution in [0.4, 0.5) is 0 Å². The number of fused-ring (bicyclic) bond motifs is 1. The molecule has 0 saturated heterocycles. The Morgan fingerprint density at radius 1 is 1.29 bits per heavy atom. The highest BCUT2D eigenvalue weighted by Gasteiger charge is 2.26. The van der Waals surface area contributed by atoms with E-state index in [9.17, 15) is 4.79 Å². The standard InChI is InChI=1S/C18H23NO2/c1-12(2)9-13-3-4-15(10-13)21-16-5-6-17-14(11-16)7-8-19-18(17)20/h5-8,11-13,15H,3-4,9-10H2,1-2H3,(H,19,20)/t13-,15-/m0/s1. The van der Waals surface area contributed by atoms with E-state index in [0.29, 0.717) is 11.5 Å². The van der Waals surface area contributed by atoms with Crippen molar-refractivity contribution in [1.29, 1.82) is 0 Å². The summed E-state index contributed by atoms with van der Waals surface area (Å²) in [5.74, 6) is 2.45. The van der Waals surface area contributed by atoms with Crippen LogP contribution in [-0.4, -0.2) is 11.1 Å². The van der Waals surface area contributed by atoms with Gasteiger partial charge < -0.3 is 9.72 Å². The zero-order chi connectivity index (χ0) is 14.8. The Balaban J connectivity index is 1.70. The van der Waals surface area contributed by atoms with E-state index < -0.39 is 0 Å². The van der Waals surface area contributed by atoms with Crippen LogP contribution >= 0.6 is 0 Å². The molecule has 0 spiro atoms. The fraction of sp³-hybridized carbons (Fsp3) is 0.500. The van der Waals surface area contributed by atoms with Gasteiger partial charge in [0, 0.05) is 11.6 Å². The summed E-state index contributed by atoms with van der Waals surface area (Å²) < 4.78 is 6.12. The van der Waals surface area contributed by atoms with Gasteiger partial charge in [-0.15, -0.1) is 0 Å². The van der Waals surface area contributed by atoms with Gasteiger partial charge in [0.1, 0.15) is 5.75 Å². The second-order valence-electron chi connectivity index (χ2n) is 6.60. The van der Waals surface area contributed by atoms with E-state index in [0.717, 1.165) is 35.8 Å². The molecule has 1 aromatic carbocycles. The lowest BCUT2D eigenvalue weighted by molar-refractivity contribution is 0.202. The summed E-state index contributed by atoms with van der Waals surface area (Å²) in [4.78, 5) is 14.4. The van der Waals surface area contributed by atoms with E-state index in [1.54, 1.807) is 6.20 Å². The minimum absolute atomic E-state index is 0.0445. The molecule has 1 heterocycles. The molecule has 1 aromatic heterocycles. The Morgan fingerprint density at radius 2 is 2.14 bits per heavy atom. The number of rotatable bonds is 4. The van der Waals surface area contributed by atoms with Crippen LogP contribution in [0.15, 0.2) is 35.3 Å². The zero-order valence-corrected chi connectivity index (χ0v) is 12.8. The molecule has 21 heavy (non-hydrogen) atoms. The van der Waals surface area contributed by atoms with Crippen LogP contribution in [0.5, 0.6) is 5.75 Å². The minimum atomic E-state index is -0.0445. The molecular weight excluding hydrogens is 262 g/mol. The van der Waals surface area contributed by atoms with Crippen molar-refractivity contribution in [3.05, 3.63) is 40.8 Å². The molecule has 0 bridgehead atoms. The van der Waals surface area contributed by atoms with Gasteiger partial charge in [-0.25, -0.2) is 0 Å². The molecule has 112 valence electrons. The lowest BCUT2D eigenvalue weighted by Gasteiger charge is -2.15. The van der Waals surface area contributed by atoms with Crippen molar-refractivity contribution < 1.29 is 4.74 Å². The number of aromatic amines is 1. The van der Waals surface area contributed by atoms with Gasteiger partial charge in [-0.2, -0.15) is 0 Å². The van der Waals surface area contributed by atoms with E-state index in [1.807, 2.05) is 24.3 Å². The summed E-state index contributed by atoms with van der Waals surface area (Å²) in [5.41, 5.74) is -0.0445. The molecule has 3 nitrogen and oxygen atoms in total. The molecule has 2 atom stereocenters. The van der Waals surface area contributed by atoms with Crippen LogP contribution in [0.25, 0.3) is 10.8 Å². The third-order valence-corrected chi connectivity index (χ3v) is 4.35. The molecule has 0 amide bonds. The third-order valence-electron chi connectivity index (χ3n) is 4.35. The van der Waals surface area contributed by atoms with Crippen molar-refractivity contribution >= 4 is 10.8 Å². The van der Waals surface area contributed by atoms with Gasteiger partial charge in [0.05, 0.1) is 6.10 Å². The number of pyridine rings is 1. The highest BCUT2D eigenvalue weighted by Crippen LogP contribution is 2.33. The number of nitrogens with one attached hydrogen (secondary N) is 1. The molecule has 1 fully saturated rings. The van der Waals surface area contributed by atoms with Gasteiger partial charge >= 0.3 is 0 Å². The first-order valence-corrected chi connectivity index (χ1v) is 7.90. The molecule has 1 aliphatic rings. The highest BCUT2D eigenvalue weighted by atomic mass is 16.5. The SMILES string of the molecule is CC(C)C[C@@H]1CC[C@H](Oc2ccc3c(=O)[nH]ccc3c2)C1. The van der Waals surface area contributed by atoms with Crippen molar-refractivity contribution in [1.82, 2.24) is 4.98 Å². The monoisotopic (exact) mass is 285 g/mol. The van der Waals surface area contributed by atoms with Gasteiger partial charge in [-0.1, -0.05) is 13.8 Å². The van der Waals surface area contributed by atoms with Crippen molar-refractivity contribution in [3.8, 4) is 5.75 Å². The summed E-state index contributed by atoms with van der Waals surface area (Å²) in [6.07, 6.45) is 6.88. The molecule has 3 heteroatoms. The average molecular weight is 285 g/mol. The fourth-order valence-electron chi connectivity index (χ4n) is 3.45. The van der Waals surface area contributed by atoms with Crippen LogP contribution in [0.3, 0.4) is 0 Å². The summed E-state index contributed by atoms with van der Waals surface area (Å²) >= 11 is 0. The zero-order valence-electron chi connectivity index (χ0n) is 12.8. The normalized spacial score (nSPS) is 22.0. The van der Waals surface area contributed by atoms with Crippen molar-refractivity contribution in [2.75, 3.05) is 0 Å². The van der Waals surface area contributed by atoms with E-state index in [2.05, 4.69) is 18.8 Å². The van der Waals surface area contributed by atoms with Crippen molar-refractivity contribution in [2.45, 2.75) is 45.6 Å². The largest absolute Gasteiger partial charge is 0.490 e. The fourth-order valence-corrected chi connectivity index (χ4v) is 3.45. The van der Waals surface area contributed by atoms with Gasteiger partial charge in [-0.05, 0) is 67.2 Å². The number of aromatic nitrogens is 1. The van der Waals surface area contributed by atoms with Crippen LogP contribution in [-0.2, 0) is 0 Å². The number of hydrogen-bond donors (Lipinski definition) is 1. The maximum absolute atomic E-state index is 11.7. The van der Waals surface area contributed by atoms with Crippen LogP contribution in [0, 0.1) is 11.8 Å². The molecule has 3 rings (SSSR count). The number of benzene rings is 1. The minimum Gasteiger partial charge on any atom is -0.490 e. The smallest absolute Gasteiger partial charge is 0.255 e. The summed E-state index contributed by atoms with van der Waals surface area (Å²) in [5, 5.41) is 1.65. The Morgan fingerprint density at radius 3 is 2.95 bits per heavy atom. The Hall–Kier alpha value is -1.77. The van der Waals surface area contributed by atoms with E-state index in [-0.39, 0.29) is 5.56 Å². The molecular formula is C18H23NO2. The van der Waals surface area contributed by atoms with Crippen LogP contribution in [0.1, 0.15) is 39.5 Å². The first kappa shape index (κ1) is 14.2. The second-order valence-corrected chi connectivity index (χ2v) is 6.60. The van der Waals surface area contributed by atoms with Gasteiger partial charge in [0.15, 0.2) is 0 Å².